The number of anilines is 2. The minimum absolute atomic E-state index is 0.201. The minimum atomic E-state index is -0.261. The second kappa shape index (κ2) is 9.85. The van der Waals surface area contributed by atoms with Crippen LogP contribution in [0.25, 0.3) is 16.6 Å². The molecule has 1 aromatic heterocycles. The Bertz CT molecular complexity index is 1280. The van der Waals surface area contributed by atoms with Crippen LogP contribution in [0.15, 0.2) is 90.4 Å². The number of benzene rings is 3. The van der Waals surface area contributed by atoms with E-state index in [0.29, 0.717) is 11.3 Å². The summed E-state index contributed by atoms with van der Waals surface area (Å²) < 4.78 is 0. The van der Waals surface area contributed by atoms with Gasteiger partial charge in [-0.1, -0.05) is 36.4 Å². The zero-order chi connectivity index (χ0) is 22.3. The maximum absolute atomic E-state index is 12.6. The molecule has 0 unspecified atom stereocenters. The Morgan fingerprint density at radius 3 is 2.59 bits per heavy atom. The Morgan fingerprint density at radius 1 is 0.938 bits per heavy atom. The Morgan fingerprint density at radius 2 is 1.78 bits per heavy atom. The molecule has 4 aromatic rings. The maximum atomic E-state index is 12.6. The van der Waals surface area contributed by atoms with Crippen molar-refractivity contribution < 1.29 is 9.59 Å². The molecule has 0 atom stereocenters. The average molecular weight is 440 g/mol. The Labute approximate surface area is 190 Å². The number of hydrogen-bond acceptors (Lipinski definition) is 4. The van der Waals surface area contributed by atoms with Crippen molar-refractivity contribution >= 4 is 40.6 Å². The zero-order valence-electron chi connectivity index (χ0n) is 17.4. The summed E-state index contributed by atoms with van der Waals surface area (Å²) in [7, 11) is 0. The van der Waals surface area contributed by atoms with Gasteiger partial charge in [0.1, 0.15) is 5.01 Å². The van der Waals surface area contributed by atoms with E-state index in [1.807, 2.05) is 66.9 Å². The van der Waals surface area contributed by atoms with E-state index in [9.17, 15) is 9.59 Å². The summed E-state index contributed by atoms with van der Waals surface area (Å²) in [5.41, 5.74) is 4.66. The van der Waals surface area contributed by atoms with Gasteiger partial charge in [0.05, 0.1) is 5.69 Å². The van der Waals surface area contributed by atoms with E-state index in [1.165, 1.54) is 17.4 Å². The third-order valence-electron chi connectivity index (χ3n) is 4.70. The Hall–Kier alpha value is -4.03. The van der Waals surface area contributed by atoms with E-state index in [4.69, 9.17) is 0 Å². The van der Waals surface area contributed by atoms with Crippen LogP contribution in [-0.4, -0.2) is 16.8 Å². The summed E-state index contributed by atoms with van der Waals surface area (Å²) in [5, 5.41) is 8.55. The minimum Gasteiger partial charge on any atom is -0.322 e. The fourth-order valence-corrected chi connectivity index (χ4v) is 3.87. The standard InChI is InChI=1S/C26H21N3O2S/c1-18-6-4-9-21(16-18)28-25(31)20-8-5-7-19(17-20)12-13-24(30)29-23-11-3-2-10-22(23)26-27-14-15-32-26/h2-17H,1H3,(H,28,31)(H,29,30)/b13-12+. The molecular weight excluding hydrogens is 418 g/mol. The van der Waals surface area contributed by atoms with Crippen molar-refractivity contribution in [2.24, 2.45) is 0 Å². The largest absolute Gasteiger partial charge is 0.322 e. The fraction of sp³-hybridized carbons (Fsp3) is 0.0385. The maximum Gasteiger partial charge on any atom is 0.255 e. The highest BCUT2D eigenvalue weighted by atomic mass is 32.1. The molecule has 158 valence electrons. The van der Waals surface area contributed by atoms with Gasteiger partial charge in [0.25, 0.3) is 5.91 Å². The van der Waals surface area contributed by atoms with Crippen LogP contribution < -0.4 is 10.6 Å². The predicted molar refractivity (Wildman–Crippen MR) is 131 cm³/mol. The highest BCUT2D eigenvalue weighted by Crippen LogP contribution is 2.29. The lowest BCUT2D eigenvalue weighted by atomic mass is 10.1. The SMILES string of the molecule is Cc1cccc(NC(=O)c2cccc(/C=C/C(=O)Nc3ccccc3-c3nccs3)c2)c1. The van der Waals surface area contributed by atoms with Crippen molar-refractivity contribution in [2.45, 2.75) is 6.92 Å². The molecule has 1 heterocycles. The van der Waals surface area contributed by atoms with E-state index in [-0.39, 0.29) is 11.8 Å². The van der Waals surface area contributed by atoms with Crippen LogP contribution in [0.1, 0.15) is 21.5 Å². The van der Waals surface area contributed by atoms with Crippen LogP contribution >= 0.6 is 11.3 Å². The number of para-hydroxylation sites is 1. The lowest BCUT2D eigenvalue weighted by molar-refractivity contribution is -0.111. The summed E-state index contributed by atoms with van der Waals surface area (Å²) >= 11 is 1.51. The highest BCUT2D eigenvalue weighted by Gasteiger charge is 2.09. The number of rotatable bonds is 6. The first-order valence-corrected chi connectivity index (χ1v) is 10.9. The Balaban J connectivity index is 1.44. The molecule has 4 rings (SSSR count). The van der Waals surface area contributed by atoms with Gasteiger partial charge in [-0.25, -0.2) is 4.98 Å². The normalized spacial score (nSPS) is 10.8. The average Bonchev–Trinajstić information content (AvgIpc) is 3.33. The molecule has 0 aliphatic carbocycles. The van der Waals surface area contributed by atoms with Gasteiger partial charge in [0.15, 0.2) is 0 Å². The smallest absolute Gasteiger partial charge is 0.255 e. The van der Waals surface area contributed by atoms with Crippen LogP contribution in [0, 0.1) is 6.92 Å². The van der Waals surface area contributed by atoms with Gasteiger partial charge in [-0.2, -0.15) is 0 Å². The van der Waals surface area contributed by atoms with Crippen molar-refractivity contribution in [1.82, 2.24) is 4.98 Å². The number of nitrogens with zero attached hydrogens (tertiary/aromatic N) is 1. The molecule has 32 heavy (non-hydrogen) atoms. The lowest BCUT2D eigenvalue weighted by Crippen LogP contribution is -2.12. The molecule has 3 aromatic carbocycles. The molecule has 5 nitrogen and oxygen atoms in total. The first kappa shape index (κ1) is 21.2. The predicted octanol–water partition coefficient (Wildman–Crippen LogP) is 6.02. The summed E-state index contributed by atoms with van der Waals surface area (Å²) in [6.07, 6.45) is 4.88. The van der Waals surface area contributed by atoms with Crippen molar-refractivity contribution in [3.8, 4) is 10.6 Å². The number of carbonyl (C=O) groups excluding carboxylic acids is 2. The fourth-order valence-electron chi connectivity index (χ4n) is 3.19. The second-order valence-corrected chi connectivity index (χ2v) is 8.05. The van der Waals surface area contributed by atoms with Crippen LogP contribution in [-0.2, 0) is 4.79 Å². The molecule has 6 heteroatoms. The van der Waals surface area contributed by atoms with E-state index in [0.717, 1.165) is 27.4 Å². The molecule has 0 saturated carbocycles. The molecule has 0 radical (unpaired) electrons. The van der Waals surface area contributed by atoms with Crippen LogP contribution in [0.4, 0.5) is 11.4 Å². The third-order valence-corrected chi connectivity index (χ3v) is 5.51. The lowest BCUT2D eigenvalue weighted by Gasteiger charge is -2.08. The van der Waals surface area contributed by atoms with Gasteiger partial charge in [0, 0.05) is 34.5 Å². The highest BCUT2D eigenvalue weighted by molar-refractivity contribution is 7.13. The molecule has 2 amide bonds. The summed E-state index contributed by atoms with van der Waals surface area (Å²) in [6, 6.07) is 22.3. The van der Waals surface area contributed by atoms with Gasteiger partial charge in [-0.3, -0.25) is 9.59 Å². The van der Waals surface area contributed by atoms with Crippen molar-refractivity contribution in [1.29, 1.82) is 0 Å². The van der Waals surface area contributed by atoms with Crippen LogP contribution in [0.5, 0.6) is 0 Å². The molecule has 2 N–H and O–H groups in total. The first-order chi connectivity index (χ1) is 15.6. The number of thiazole rings is 1. The van der Waals surface area contributed by atoms with Gasteiger partial charge in [0.2, 0.25) is 5.91 Å². The molecule has 0 aliphatic rings. The van der Waals surface area contributed by atoms with Crippen molar-refractivity contribution in [3.63, 3.8) is 0 Å². The van der Waals surface area contributed by atoms with Crippen LogP contribution in [0.2, 0.25) is 0 Å². The molecule has 0 spiro atoms. The zero-order valence-corrected chi connectivity index (χ0v) is 18.2. The van der Waals surface area contributed by atoms with Crippen molar-refractivity contribution in [3.05, 3.63) is 107 Å². The number of hydrogen-bond donors (Lipinski definition) is 2. The van der Waals surface area contributed by atoms with Crippen molar-refractivity contribution in [2.75, 3.05) is 10.6 Å². The summed E-state index contributed by atoms with van der Waals surface area (Å²) in [5.74, 6) is -0.462. The number of amides is 2. The van der Waals surface area contributed by atoms with Gasteiger partial charge >= 0.3 is 0 Å². The molecule has 0 saturated heterocycles. The molecule has 0 bridgehead atoms. The molecular formula is C26H21N3O2S. The second-order valence-electron chi connectivity index (χ2n) is 7.15. The monoisotopic (exact) mass is 439 g/mol. The number of aryl methyl sites for hydroxylation is 1. The molecule has 0 aliphatic heterocycles. The van der Waals surface area contributed by atoms with Gasteiger partial charge < -0.3 is 10.6 Å². The number of nitrogens with one attached hydrogen (secondary N) is 2. The van der Waals surface area contributed by atoms with E-state index in [2.05, 4.69) is 15.6 Å². The number of carbonyl (C=O) groups is 2. The van der Waals surface area contributed by atoms with Crippen LogP contribution in [0.3, 0.4) is 0 Å². The van der Waals surface area contributed by atoms with E-state index in [1.54, 1.807) is 30.5 Å². The third kappa shape index (κ3) is 5.36. The summed E-state index contributed by atoms with van der Waals surface area (Å²) in [6.45, 7) is 1.97. The number of aromatic nitrogens is 1. The summed E-state index contributed by atoms with van der Waals surface area (Å²) in [4.78, 5) is 29.4. The Kier molecular flexibility index (Phi) is 6.53. The van der Waals surface area contributed by atoms with E-state index >= 15 is 0 Å². The molecule has 0 fully saturated rings. The topological polar surface area (TPSA) is 71.1 Å². The van der Waals surface area contributed by atoms with Gasteiger partial charge in [-0.05, 0) is 60.5 Å². The first-order valence-electron chi connectivity index (χ1n) is 10.0. The van der Waals surface area contributed by atoms with Gasteiger partial charge in [-0.15, -0.1) is 11.3 Å². The van der Waals surface area contributed by atoms with E-state index < -0.39 is 0 Å². The quantitative estimate of drug-likeness (QED) is 0.361.